The van der Waals surface area contributed by atoms with Crippen molar-refractivity contribution in [2.45, 2.75) is 18.8 Å². The summed E-state index contributed by atoms with van der Waals surface area (Å²) in [5.41, 5.74) is 1.57. The third-order valence-corrected chi connectivity index (χ3v) is 4.73. The maximum atomic E-state index is 13.6. The van der Waals surface area contributed by atoms with Crippen molar-refractivity contribution in [2.24, 2.45) is 4.99 Å². The summed E-state index contributed by atoms with van der Waals surface area (Å²) in [6, 6.07) is 5.50. The Morgan fingerprint density at radius 2 is 1.96 bits per heavy atom. The summed E-state index contributed by atoms with van der Waals surface area (Å²) in [4.78, 5) is 7.12. The number of nitrogens with zero attached hydrogens (tertiary/aromatic N) is 3. The monoisotopic (exact) mass is 355 g/mol. The van der Waals surface area contributed by atoms with Crippen LogP contribution in [0.5, 0.6) is 0 Å². The summed E-state index contributed by atoms with van der Waals surface area (Å²) < 4.78 is 27.2. The van der Waals surface area contributed by atoms with Crippen molar-refractivity contribution in [3.63, 3.8) is 0 Å². The van der Waals surface area contributed by atoms with Crippen LogP contribution in [0.4, 0.5) is 20.3 Å². The van der Waals surface area contributed by atoms with Gasteiger partial charge in [0.25, 0.3) is 0 Å². The first-order chi connectivity index (χ1) is 12.7. The van der Waals surface area contributed by atoms with Crippen LogP contribution in [0.2, 0.25) is 0 Å². The lowest BCUT2D eigenvalue weighted by Gasteiger charge is -2.28. The summed E-state index contributed by atoms with van der Waals surface area (Å²) in [6.45, 7) is 0.449. The molecule has 3 aliphatic rings. The van der Waals surface area contributed by atoms with Gasteiger partial charge in [-0.2, -0.15) is 5.10 Å². The molecule has 1 aliphatic carbocycles. The molecule has 3 heterocycles. The fourth-order valence-electron chi connectivity index (χ4n) is 3.28. The lowest BCUT2D eigenvalue weighted by Crippen LogP contribution is -3.10. The molecule has 5 rings (SSSR count). The number of benzene rings is 1. The topological polar surface area (TPSA) is 60.8 Å². The maximum Gasteiger partial charge on any atom is 0.232 e. The Hall–Kier alpha value is -3.00. The number of halogens is 2. The molecule has 132 valence electrons. The van der Waals surface area contributed by atoms with E-state index >= 15 is 0 Å². The Morgan fingerprint density at radius 3 is 2.73 bits per heavy atom. The molecular formula is C18H17F2N6+. The molecule has 1 aromatic carbocycles. The highest BCUT2D eigenvalue weighted by Crippen LogP contribution is 2.39. The molecule has 0 radical (unpaired) electrons. The highest BCUT2D eigenvalue weighted by molar-refractivity contribution is 5.84. The quantitative estimate of drug-likeness (QED) is 0.787. The first kappa shape index (κ1) is 15.3. The lowest BCUT2D eigenvalue weighted by molar-refractivity contribution is -0.698. The lowest BCUT2D eigenvalue weighted by atomic mass is 10.2. The molecule has 0 bridgehead atoms. The molecule has 1 fully saturated rings. The highest BCUT2D eigenvalue weighted by atomic mass is 19.1. The Balaban J connectivity index is 1.47. The van der Waals surface area contributed by atoms with Crippen molar-refractivity contribution in [3.8, 4) is 0 Å². The number of amidine groups is 1. The van der Waals surface area contributed by atoms with Gasteiger partial charge in [0.1, 0.15) is 24.4 Å². The highest BCUT2D eigenvalue weighted by Gasteiger charge is 2.33. The number of quaternary nitrogens is 1. The van der Waals surface area contributed by atoms with Crippen LogP contribution in [-0.2, 0) is 0 Å². The molecule has 0 spiro atoms. The van der Waals surface area contributed by atoms with Gasteiger partial charge in [-0.15, -0.1) is 0 Å². The SMILES string of the molecule is Fc1cc(F)cc(N2C=C(Nc3cc(C4CC4)[nH]n3)[NH+]3C=CN=C3C2)c1. The number of aromatic nitrogens is 2. The predicted molar refractivity (Wildman–Crippen MR) is 93.5 cm³/mol. The van der Waals surface area contributed by atoms with Gasteiger partial charge in [0, 0.05) is 29.4 Å². The van der Waals surface area contributed by atoms with Gasteiger partial charge in [-0.05, 0) is 25.0 Å². The minimum Gasteiger partial charge on any atom is -0.329 e. The number of fused-ring (bicyclic) bond motifs is 1. The molecule has 1 unspecified atom stereocenters. The second kappa shape index (κ2) is 5.77. The van der Waals surface area contributed by atoms with Crippen LogP contribution < -0.4 is 15.1 Å². The van der Waals surface area contributed by atoms with Gasteiger partial charge in [-0.3, -0.25) is 10.4 Å². The summed E-state index contributed by atoms with van der Waals surface area (Å²) in [7, 11) is 0. The molecule has 0 saturated heterocycles. The fourth-order valence-corrected chi connectivity index (χ4v) is 3.28. The number of aromatic amines is 1. The van der Waals surface area contributed by atoms with E-state index in [-0.39, 0.29) is 0 Å². The van der Waals surface area contributed by atoms with Crippen LogP contribution >= 0.6 is 0 Å². The van der Waals surface area contributed by atoms with E-state index in [2.05, 4.69) is 20.5 Å². The van der Waals surface area contributed by atoms with E-state index in [0.29, 0.717) is 18.2 Å². The van der Waals surface area contributed by atoms with E-state index in [1.165, 1.54) is 25.0 Å². The van der Waals surface area contributed by atoms with Gasteiger partial charge in [-0.25, -0.2) is 18.7 Å². The average Bonchev–Trinajstić information content (AvgIpc) is 3.15. The molecule has 3 N–H and O–H groups in total. The largest absolute Gasteiger partial charge is 0.329 e. The minimum atomic E-state index is -0.606. The Bertz CT molecular complexity index is 936. The van der Waals surface area contributed by atoms with Crippen LogP contribution in [0.25, 0.3) is 0 Å². The number of hydrogen-bond donors (Lipinski definition) is 3. The van der Waals surface area contributed by atoms with Crippen molar-refractivity contribution in [3.05, 3.63) is 66.0 Å². The average molecular weight is 355 g/mol. The third-order valence-electron chi connectivity index (χ3n) is 4.73. The van der Waals surface area contributed by atoms with Gasteiger partial charge in [0.15, 0.2) is 5.82 Å². The number of aliphatic imine (C=N–C) groups is 1. The summed E-state index contributed by atoms with van der Waals surface area (Å²) >= 11 is 0. The first-order valence-corrected chi connectivity index (χ1v) is 8.53. The van der Waals surface area contributed by atoms with Gasteiger partial charge in [-0.1, -0.05) is 0 Å². The van der Waals surface area contributed by atoms with E-state index in [1.54, 1.807) is 11.1 Å². The zero-order valence-electron chi connectivity index (χ0n) is 13.8. The van der Waals surface area contributed by atoms with Crippen molar-refractivity contribution in [1.82, 2.24) is 10.2 Å². The Kier molecular flexibility index (Phi) is 3.39. The molecule has 1 saturated carbocycles. The van der Waals surface area contributed by atoms with Crippen LogP contribution in [0.3, 0.4) is 0 Å². The molecule has 2 aliphatic heterocycles. The normalized spacial score (nSPS) is 21.5. The van der Waals surface area contributed by atoms with Crippen molar-refractivity contribution < 1.29 is 13.7 Å². The number of rotatable bonds is 4. The fraction of sp³-hybridized carbons (Fsp3) is 0.222. The minimum absolute atomic E-state index is 0.441. The van der Waals surface area contributed by atoms with Gasteiger partial charge < -0.3 is 4.90 Å². The van der Waals surface area contributed by atoms with E-state index in [9.17, 15) is 8.78 Å². The third kappa shape index (κ3) is 2.78. The zero-order valence-corrected chi connectivity index (χ0v) is 13.8. The van der Waals surface area contributed by atoms with Gasteiger partial charge >= 0.3 is 0 Å². The van der Waals surface area contributed by atoms with E-state index < -0.39 is 11.6 Å². The van der Waals surface area contributed by atoms with Crippen LogP contribution in [0.1, 0.15) is 24.5 Å². The van der Waals surface area contributed by atoms with Crippen molar-refractivity contribution in [2.75, 3.05) is 16.8 Å². The molecule has 0 amide bonds. The summed E-state index contributed by atoms with van der Waals surface area (Å²) in [6.07, 6.45) is 7.88. The second-order valence-electron chi connectivity index (χ2n) is 6.71. The first-order valence-electron chi connectivity index (χ1n) is 8.53. The van der Waals surface area contributed by atoms with Crippen LogP contribution in [0.15, 0.2) is 53.7 Å². The number of hydrogen-bond acceptors (Lipinski definition) is 4. The molecule has 8 heteroatoms. The molecule has 2 aromatic rings. The van der Waals surface area contributed by atoms with E-state index in [1.807, 2.05) is 18.5 Å². The summed E-state index contributed by atoms with van der Waals surface area (Å²) in [5.74, 6) is 1.73. The standard InChI is InChI=1S/C18H16F2N6/c19-12-5-13(20)7-14(6-12)25-9-17-21-3-4-26(17)18(10-25)22-16-8-15(23-24-16)11-1-2-11/h3-8,10-11H,1-2,9H2,(H2,22,23,24)/p+1. The molecule has 26 heavy (non-hydrogen) atoms. The van der Waals surface area contributed by atoms with Gasteiger partial charge in [0.2, 0.25) is 11.7 Å². The van der Waals surface area contributed by atoms with Crippen molar-refractivity contribution in [1.29, 1.82) is 0 Å². The molecule has 1 atom stereocenters. The number of anilines is 2. The van der Waals surface area contributed by atoms with Crippen LogP contribution in [-0.4, -0.2) is 22.6 Å². The van der Waals surface area contributed by atoms with E-state index in [4.69, 9.17) is 0 Å². The molecular weight excluding hydrogens is 338 g/mol. The zero-order chi connectivity index (χ0) is 17.7. The Labute approximate surface area is 148 Å². The van der Waals surface area contributed by atoms with Crippen molar-refractivity contribution >= 4 is 17.3 Å². The van der Waals surface area contributed by atoms with E-state index in [0.717, 1.165) is 34.1 Å². The smallest absolute Gasteiger partial charge is 0.232 e. The molecule has 1 aromatic heterocycles. The van der Waals surface area contributed by atoms with Crippen LogP contribution in [0, 0.1) is 11.6 Å². The summed E-state index contributed by atoms with van der Waals surface area (Å²) in [5, 5.41) is 10.7. The molecule has 6 nitrogen and oxygen atoms in total. The number of H-pyrrole nitrogens is 1. The predicted octanol–water partition coefficient (Wildman–Crippen LogP) is 2.06. The Morgan fingerprint density at radius 1 is 1.15 bits per heavy atom. The second-order valence-corrected chi connectivity index (χ2v) is 6.71. The van der Waals surface area contributed by atoms with Gasteiger partial charge in [0.05, 0.1) is 12.4 Å². The maximum absolute atomic E-state index is 13.6. The number of nitrogens with one attached hydrogen (secondary N) is 3.